The van der Waals surface area contributed by atoms with E-state index in [-0.39, 0.29) is 12.2 Å². The summed E-state index contributed by atoms with van der Waals surface area (Å²) >= 11 is 0. The van der Waals surface area contributed by atoms with Gasteiger partial charge in [0.25, 0.3) is 0 Å². The lowest BCUT2D eigenvalue weighted by molar-refractivity contribution is -0.141. The molecule has 2 amide bonds. The number of benzene rings is 1. The fourth-order valence-electron chi connectivity index (χ4n) is 2.24. The number of carbonyl (C=O) groups is 2. The van der Waals surface area contributed by atoms with Crippen molar-refractivity contribution in [3.63, 3.8) is 0 Å². The number of amides is 2. The lowest BCUT2D eigenvalue weighted by Gasteiger charge is -2.22. The Balaban J connectivity index is 2.11. The Bertz CT molecular complexity index is 560. The van der Waals surface area contributed by atoms with Gasteiger partial charge in [0, 0.05) is 12.2 Å². The quantitative estimate of drug-likeness (QED) is 0.882. The van der Waals surface area contributed by atoms with Crippen molar-refractivity contribution in [1.82, 2.24) is 4.90 Å². The number of carbonyl (C=O) groups excluding carboxylic acids is 1. The van der Waals surface area contributed by atoms with Gasteiger partial charge in [-0.2, -0.15) is 13.2 Å². The summed E-state index contributed by atoms with van der Waals surface area (Å²) in [6.45, 7) is 0.266. The Labute approximate surface area is 118 Å². The lowest BCUT2D eigenvalue weighted by Crippen LogP contribution is -2.42. The van der Waals surface area contributed by atoms with Crippen molar-refractivity contribution >= 4 is 17.7 Å². The summed E-state index contributed by atoms with van der Waals surface area (Å²) in [7, 11) is 0. The predicted octanol–water partition coefficient (Wildman–Crippen LogP) is 2.79. The first-order chi connectivity index (χ1) is 9.79. The van der Waals surface area contributed by atoms with Gasteiger partial charge in [0.2, 0.25) is 0 Å². The molecule has 21 heavy (non-hydrogen) atoms. The predicted molar refractivity (Wildman–Crippen MR) is 67.8 cm³/mol. The van der Waals surface area contributed by atoms with Crippen LogP contribution in [0.3, 0.4) is 0 Å². The summed E-state index contributed by atoms with van der Waals surface area (Å²) in [5.41, 5.74) is -0.901. The third-order valence-electron chi connectivity index (χ3n) is 3.24. The van der Waals surface area contributed by atoms with E-state index in [2.05, 4.69) is 5.32 Å². The Morgan fingerprint density at radius 2 is 2.05 bits per heavy atom. The first kappa shape index (κ1) is 15.1. The molecule has 0 aromatic heterocycles. The molecule has 1 fully saturated rings. The highest BCUT2D eigenvalue weighted by Crippen LogP contribution is 2.30. The molecule has 2 rings (SSSR count). The molecule has 0 bridgehead atoms. The van der Waals surface area contributed by atoms with Crippen molar-refractivity contribution in [2.24, 2.45) is 0 Å². The molecule has 1 aromatic rings. The highest BCUT2D eigenvalue weighted by molar-refractivity contribution is 5.92. The molecule has 1 atom stereocenters. The summed E-state index contributed by atoms with van der Waals surface area (Å²) in [5, 5.41) is 11.3. The average molecular weight is 302 g/mol. The number of nitrogens with one attached hydrogen (secondary N) is 1. The number of urea groups is 1. The molecule has 0 aliphatic carbocycles. The number of likely N-dealkylation sites (tertiary alicyclic amines) is 1. The Morgan fingerprint density at radius 1 is 1.33 bits per heavy atom. The monoisotopic (exact) mass is 302 g/mol. The first-order valence-electron chi connectivity index (χ1n) is 6.27. The second-order valence-electron chi connectivity index (χ2n) is 4.70. The van der Waals surface area contributed by atoms with Gasteiger partial charge in [0.05, 0.1) is 5.56 Å². The van der Waals surface area contributed by atoms with Crippen molar-refractivity contribution < 1.29 is 27.9 Å². The Morgan fingerprint density at radius 3 is 2.67 bits per heavy atom. The fourth-order valence-corrected chi connectivity index (χ4v) is 2.24. The van der Waals surface area contributed by atoms with E-state index in [1.165, 1.54) is 12.1 Å². The maximum absolute atomic E-state index is 12.6. The second-order valence-corrected chi connectivity index (χ2v) is 4.70. The van der Waals surface area contributed by atoms with Gasteiger partial charge in [0.1, 0.15) is 6.04 Å². The van der Waals surface area contributed by atoms with Gasteiger partial charge < -0.3 is 15.3 Å². The molecule has 0 saturated carbocycles. The molecule has 1 saturated heterocycles. The van der Waals surface area contributed by atoms with Gasteiger partial charge >= 0.3 is 18.2 Å². The van der Waals surface area contributed by atoms with Gasteiger partial charge in [-0.3, -0.25) is 0 Å². The molecule has 0 spiro atoms. The van der Waals surface area contributed by atoms with Crippen LogP contribution in [0.15, 0.2) is 24.3 Å². The zero-order chi connectivity index (χ0) is 15.6. The Hall–Kier alpha value is -2.25. The normalized spacial score (nSPS) is 18.6. The molecule has 5 nitrogen and oxygen atoms in total. The fraction of sp³-hybridized carbons (Fsp3) is 0.385. The second kappa shape index (κ2) is 5.63. The number of hydrogen-bond donors (Lipinski definition) is 2. The summed E-state index contributed by atoms with van der Waals surface area (Å²) in [5.74, 6) is -1.12. The maximum Gasteiger partial charge on any atom is 0.416 e. The molecule has 1 aromatic carbocycles. The minimum atomic E-state index is -4.50. The van der Waals surface area contributed by atoms with Crippen LogP contribution in [0, 0.1) is 0 Å². The summed E-state index contributed by atoms with van der Waals surface area (Å²) in [6, 6.07) is 2.56. The van der Waals surface area contributed by atoms with E-state index in [9.17, 15) is 22.8 Å². The molecule has 114 valence electrons. The number of aliphatic carboxylic acids is 1. The number of carboxylic acid groups (broad SMARTS) is 1. The molecular formula is C13H13F3N2O3. The summed E-state index contributed by atoms with van der Waals surface area (Å²) < 4.78 is 37.7. The van der Waals surface area contributed by atoms with Gasteiger partial charge in [-0.25, -0.2) is 9.59 Å². The van der Waals surface area contributed by atoms with Crippen LogP contribution in [0.25, 0.3) is 0 Å². The average Bonchev–Trinajstić information content (AvgIpc) is 2.87. The van der Waals surface area contributed by atoms with Crippen LogP contribution in [0.4, 0.5) is 23.7 Å². The number of halogens is 3. The molecule has 8 heteroatoms. The van der Waals surface area contributed by atoms with Crippen molar-refractivity contribution in [3.8, 4) is 0 Å². The number of nitrogens with zero attached hydrogens (tertiary/aromatic N) is 1. The van der Waals surface area contributed by atoms with E-state index in [0.717, 1.165) is 17.0 Å². The molecule has 1 aliphatic heterocycles. The standard InChI is InChI=1S/C13H13F3N2O3/c14-13(15,16)8-3-1-4-9(7-8)17-12(21)18-6-2-5-10(18)11(19)20/h1,3-4,7,10H,2,5-6H2,(H,17,21)(H,19,20)/t10-/m0/s1. The van der Waals surface area contributed by atoms with Crippen LogP contribution in [-0.2, 0) is 11.0 Å². The number of rotatable bonds is 2. The minimum Gasteiger partial charge on any atom is -0.480 e. The van der Waals surface area contributed by atoms with E-state index in [1.54, 1.807) is 0 Å². The van der Waals surface area contributed by atoms with Crippen LogP contribution in [-0.4, -0.2) is 34.6 Å². The summed E-state index contributed by atoms with van der Waals surface area (Å²) in [4.78, 5) is 24.1. The Kier molecular flexibility index (Phi) is 4.06. The third kappa shape index (κ3) is 3.45. The molecular weight excluding hydrogens is 289 g/mol. The summed E-state index contributed by atoms with van der Waals surface area (Å²) in [6.07, 6.45) is -3.61. The van der Waals surface area contributed by atoms with Gasteiger partial charge in [-0.1, -0.05) is 6.07 Å². The molecule has 0 unspecified atom stereocenters. The minimum absolute atomic E-state index is 0.0223. The molecule has 1 aliphatic rings. The third-order valence-corrected chi connectivity index (χ3v) is 3.24. The van der Waals surface area contributed by atoms with Gasteiger partial charge in [-0.05, 0) is 31.0 Å². The van der Waals surface area contributed by atoms with E-state index in [0.29, 0.717) is 12.8 Å². The van der Waals surface area contributed by atoms with Crippen LogP contribution >= 0.6 is 0 Å². The maximum atomic E-state index is 12.6. The van der Waals surface area contributed by atoms with E-state index < -0.39 is 29.8 Å². The van der Waals surface area contributed by atoms with Crippen LogP contribution in [0.5, 0.6) is 0 Å². The van der Waals surface area contributed by atoms with E-state index in [1.807, 2.05) is 0 Å². The van der Waals surface area contributed by atoms with Crippen molar-refractivity contribution in [3.05, 3.63) is 29.8 Å². The van der Waals surface area contributed by atoms with Crippen LogP contribution in [0.1, 0.15) is 18.4 Å². The largest absolute Gasteiger partial charge is 0.480 e. The molecule has 2 N–H and O–H groups in total. The zero-order valence-electron chi connectivity index (χ0n) is 10.9. The van der Waals surface area contributed by atoms with Gasteiger partial charge in [-0.15, -0.1) is 0 Å². The molecule has 0 radical (unpaired) electrons. The number of anilines is 1. The number of alkyl halides is 3. The SMILES string of the molecule is O=C(O)[C@@H]1CCCN1C(=O)Nc1cccc(C(F)(F)F)c1. The number of hydrogen-bond acceptors (Lipinski definition) is 2. The zero-order valence-corrected chi connectivity index (χ0v) is 10.9. The van der Waals surface area contributed by atoms with Crippen molar-refractivity contribution in [2.75, 3.05) is 11.9 Å². The highest BCUT2D eigenvalue weighted by Gasteiger charge is 2.34. The topological polar surface area (TPSA) is 69.6 Å². The lowest BCUT2D eigenvalue weighted by atomic mass is 10.2. The van der Waals surface area contributed by atoms with Gasteiger partial charge in [0.15, 0.2) is 0 Å². The van der Waals surface area contributed by atoms with Crippen LogP contribution < -0.4 is 5.32 Å². The van der Waals surface area contributed by atoms with E-state index in [4.69, 9.17) is 5.11 Å². The van der Waals surface area contributed by atoms with E-state index >= 15 is 0 Å². The first-order valence-corrected chi connectivity index (χ1v) is 6.27. The number of carboxylic acids is 1. The van der Waals surface area contributed by atoms with Crippen LogP contribution in [0.2, 0.25) is 0 Å². The highest BCUT2D eigenvalue weighted by atomic mass is 19.4. The van der Waals surface area contributed by atoms with Crippen molar-refractivity contribution in [1.29, 1.82) is 0 Å². The smallest absolute Gasteiger partial charge is 0.416 e. The van der Waals surface area contributed by atoms with Crippen molar-refractivity contribution in [2.45, 2.75) is 25.1 Å². The molecule has 1 heterocycles.